The average molecular weight is 517 g/mol. The molecule has 5 nitrogen and oxygen atoms in total. The lowest BCUT2D eigenvalue weighted by Gasteiger charge is -2.57. The van der Waals surface area contributed by atoms with E-state index in [-0.39, 0.29) is 31.0 Å². The summed E-state index contributed by atoms with van der Waals surface area (Å²) < 4.78 is 16.6. The average Bonchev–Trinajstić information content (AvgIpc) is 2.86. The van der Waals surface area contributed by atoms with Crippen LogP contribution in [-0.4, -0.2) is 24.1 Å². The molecule has 4 saturated carbocycles. The lowest BCUT2D eigenvalue weighted by atomic mass is 9.47. The zero-order chi connectivity index (χ0) is 26.9. The summed E-state index contributed by atoms with van der Waals surface area (Å²) >= 11 is 0. The zero-order valence-electron chi connectivity index (χ0n) is 23.0. The van der Waals surface area contributed by atoms with Crippen LogP contribution in [0.25, 0.3) is 11.1 Å². The van der Waals surface area contributed by atoms with E-state index in [0.29, 0.717) is 0 Å². The number of rotatable bonds is 9. The molecule has 0 unspecified atom stereocenters. The van der Waals surface area contributed by atoms with Crippen LogP contribution in [0.1, 0.15) is 76.8 Å². The van der Waals surface area contributed by atoms with E-state index in [9.17, 15) is 9.59 Å². The molecule has 6 rings (SSSR count). The predicted octanol–water partition coefficient (Wildman–Crippen LogP) is 7.16. The number of carbonyl (C=O) groups excluding carboxylic acids is 2. The quantitative estimate of drug-likeness (QED) is 0.261. The number of esters is 2. The highest BCUT2D eigenvalue weighted by Gasteiger charge is 2.52. The molecule has 5 heteroatoms. The number of ether oxygens (including phenoxy) is 3. The van der Waals surface area contributed by atoms with Crippen molar-refractivity contribution in [3.8, 4) is 16.9 Å². The molecule has 2 aromatic rings. The van der Waals surface area contributed by atoms with Gasteiger partial charge >= 0.3 is 11.9 Å². The van der Waals surface area contributed by atoms with Crippen molar-refractivity contribution in [2.45, 2.75) is 83.3 Å². The SMILES string of the molecule is C=CC(=O)OCc1ccc(-c2ccc(OCCC(=O)OC(C)(C)C)cc2)c(C23CC4CC(CC(C4)C2)C3)c1. The molecular formula is C33H40O5. The molecule has 38 heavy (non-hydrogen) atoms. The van der Waals surface area contributed by atoms with Gasteiger partial charge in [0.2, 0.25) is 0 Å². The van der Waals surface area contributed by atoms with Crippen molar-refractivity contribution in [2.75, 3.05) is 6.61 Å². The van der Waals surface area contributed by atoms with Gasteiger partial charge in [0.15, 0.2) is 0 Å². The van der Waals surface area contributed by atoms with E-state index in [0.717, 1.165) is 34.6 Å². The maximum Gasteiger partial charge on any atom is 0.330 e. The third-order valence-corrected chi connectivity index (χ3v) is 8.40. The third-order valence-electron chi connectivity index (χ3n) is 8.40. The van der Waals surface area contributed by atoms with Gasteiger partial charge in [-0.3, -0.25) is 4.79 Å². The van der Waals surface area contributed by atoms with Crippen molar-refractivity contribution in [2.24, 2.45) is 17.8 Å². The molecule has 202 valence electrons. The summed E-state index contributed by atoms with van der Waals surface area (Å²) in [4.78, 5) is 23.7. The maximum absolute atomic E-state index is 12.0. The topological polar surface area (TPSA) is 61.8 Å². The van der Waals surface area contributed by atoms with Crippen molar-refractivity contribution in [3.05, 3.63) is 66.2 Å². The Labute approximate surface area is 226 Å². The van der Waals surface area contributed by atoms with Gasteiger partial charge in [0.1, 0.15) is 18.0 Å². The van der Waals surface area contributed by atoms with Crippen molar-refractivity contribution in [3.63, 3.8) is 0 Å². The van der Waals surface area contributed by atoms with Gasteiger partial charge in [-0.05, 0) is 117 Å². The number of hydrogen-bond donors (Lipinski definition) is 0. The van der Waals surface area contributed by atoms with E-state index in [4.69, 9.17) is 14.2 Å². The highest BCUT2D eigenvalue weighted by Crippen LogP contribution is 2.61. The van der Waals surface area contributed by atoms with Crippen LogP contribution >= 0.6 is 0 Å². The first kappa shape index (κ1) is 26.5. The molecule has 2 aromatic carbocycles. The zero-order valence-corrected chi connectivity index (χ0v) is 23.0. The fraction of sp³-hybridized carbons (Fsp3) is 0.515. The van der Waals surface area contributed by atoms with Crippen molar-refractivity contribution in [1.29, 1.82) is 0 Å². The molecule has 0 heterocycles. The molecule has 0 aromatic heterocycles. The largest absolute Gasteiger partial charge is 0.493 e. The number of hydrogen-bond acceptors (Lipinski definition) is 5. The molecule has 0 radical (unpaired) electrons. The lowest BCUT2D eigenvalue weighted by Crippen LogP contribution is -2.48. The monoisotopic (exact) mass is 516 g/mol. The summed E-state index contributed by atoms with van der Waals surface area (Å²) in [5.74, 6) is 2.58. The van der Waals surface area contributed by atoms with Crippen molar-refractivity contribution >= 4 is 11.9 Å². The van der Waals surface area contributed by atoms with E-state index in [1.165, 1.54) is 55.7 Å². The Morgan fingerprint density at radius 3 is 2.18 bits per heavy atom. The van der Waals surface area contributed by atoms with Crippen molar-refractivity contribution < 1.29 is 23.8 Å². The van der Waals surface area contributed by atoms with Gasteiger partial charge in [-0.25, -0.2) is 4.79 Å². The van der Waals surface area contributed by atoms with Crippen LogP contribution in [0.3, 0.4) is 0 Å². The summed E-state index contributed by atoms with van der Waals surface area (Å²) in [5.41, 5.74) is 4.55. The Kier molecular flexibility index (Phi) is 7.39. The summed E-state index contributed by atoms with van der Waals surface area (Å²) in [6.45, 7) is 9.64. The Hall–Kier alpha value is -3.08. The lowest BCUT2D eigenvalue weighted by molar-refractivity contribution is -0.155. The molecular weight excluding hydrogens is 476 g/mol. The summed E-state index contributed by atoms with van der Waals surface area (Å²) in [6.07, 6.45) is 9.37. The van der Waals surface area contributed by atoms with Crippen LogP contribution in [0, 0.1) is 17.8 Å². The first-order valence-electron chi connectivity index (χ1n) is 14.0. The fourth-order valence-corrected chi connectivity index (χ4v) is 7.40. The van der Waals surface area contributed by atoms with Gasteiger partial charge in [0, 0.05) is 6.08 Å². The first-order chi connectivity index (χ1) is 18.1. The van der Waals surface area contributed by atoms with Gasteiger partial charge < -0.3 is 14.2 Å². The molecule has 0 saturated heterocycles. The van der Waals surface area contributed by atoms with Crippen molar-refractivity contribution in [1.82, 2.24) is 0 Å². The normalized spacial score (nSPS) is 25.6. The standard InChI is InChI=1S/C33H40O5/c1-5-30(34)37-21-22-6-11-28(29(17-22)33-18-23-14-24(19-33)16-25(15-23)20-33)26-7-9-27(10-8-26)36-13-12-31(35)38-32(2,3)4/h5-11,17,23-25H,1,12-16,18-21H2,2-4H3. The summed E-state index contributed by atoms with van der Waals surface area (Å²) in [7, 11) is 0. The Morgan fingerprint density at radius 2 is 1.61 bits per heavy atom. The molecule has 4 fully saturated rings. The minimum Gasteiger partial charge on any atom is -0.493 e. The van der Waals surface area contributed by atoms with Crippen LogP contribution in [0.15, 0.2) is 55.1 Å². The summed E-state index contributed by atoms with van der Waals surface area (Å²) in [5, 5.41) is 0. The minimum atomic E-state index is -0.490. The first-order valence-corrected chi connectivity index (χ1v) is 14.0. The highest BCUT2D eigenvalue weighted by molar-refractivity contribution is 5.81. The molecule has 0 atom stereocenters. The molecule has 4 bridgehead atoms. The highest BCUT2D eigenvalue weighted by atomic mass is 16.6. The Balaban J connectivity index is 1.36. The molecule has 0 spiro atoms. The van der Waals surface area contributed by atoms with E-state index in [1.807, 2.05) is 32.9 Å². The van der Waals surface area contributed by atoms with E-state index < -0.39 is 11.6 Å². The smallest absolute Gasteiger partial charge is 0.330 e. The van der Waals surface area contributed by atoms with Gasteiger partial charge in [0.05, 0.1) is 13.0 Å². The molecule has 4 aliphatic rings. The van der Waals surface area contributed by atoms with Gasteiger partial charge in [-0.1, -0.05) is 36.9 Å². The van der Waals surface area contributed by atoms with Crippen LogP contribution in [0.2, 0.25) is 0 Å². The van der Waals surface area contributed by atoms with Crippen LogP contribution in [0.5, 0.6) is 5.75 Å². The second-order valence-corrected chi connectivity index (χ2v) is 12.6. The maximum atomic E-state index is 12.0. The molecule has 0 amide bonds. The van der Waals surface area contributed by atoms with E-state index in [1.54, 1.807) is 0 Å². The molecule has 0 aliphatic heterocycles. The van der Waals surface area contributed by atoms with Gasteiger partial charge in [0.25, 0.3) is 0 Å². The second kappa shape index (κ2) is 10.6. The molecule has 4 aliphatic carbocycles. The number of benzene rings is 2. The van der Waals surface area contributed by atoms with E-state index in [2.05, 4.69) is 36.9 Å². The van der Waals surface area contributed by atoms with Gasteiger partial charge in [-0.15, -0.1) is 0 Å². The minimum absolute atomic E-state index is 0.200. The van der Waals surface area contributed by atoms with Gasteiger partial charge in [-0.2, -0.15) is 0 Å². The van der Waals surface area contributed by atoms with Crippen LogP contribution in [-0.2, 0) is 31.1 Å². The fourth-order valence-electron chi connectivity index (χ4n) is 7.40. The van der Waals surface area contributed by atoms with Crippen LogP contribution in [0.4, 0.5) is 0 Å². The summed E-state index contributed by atoms with van der Waals surface area (Å²) in [6, 6.07) is 14.7. The number of carbonyl (C=O) groups is 2. The Morgan fingerprint density at radius 1 is 0.974 bits per heavy atom. The predicted molar refractivity (Wildman–Crippen MR) is 148 cm³/mol. The van der Waals surface area contributed by atoms with Crippen LogP contribution < -0.4 is 4.74 Å². The molecule has 0 N–H and O–H groups in total. The third kappa shape index (κ3) is 5.98. The van der Waals surface area contributed by atoms with E-state index >= 15 is 0 Å². The Bertz CT molecular complexity index is 1150. The second-order valence-electron chi connectivity index (χ2n) is 12.6.